The maximum Gasteiger partial charge on any atom is 2.00 e. The van der Waals surface area contributed by atoms with Crippen molar-refractivity contribution < 1.29 is 56.6 Å². The van der Waals surface area contributed by atoms with Gasteiger partial charge < -0.3 is 48.5 Å². The van der Waals surface area contributed by atoms with E-state index in [1.165, 1.54) is 13.8 Å². The van der Waals surface area contributed by atoms with Gasteiger partial charge in [-0.1, -0.05) is 74.5 Å². The second-order valence-electron chi connectivity index (χ2n) is 12.0. The first kappa shape index (κ1) is 50.9. The molecule has 0 unspecified atom stereocenters. The number of rotatable bonds is 24. The summed E-state index contributed by atoms with van der Waals surface area (Å²) in [5.74, 6) is -6.23. The summed E-state index contributed by atoms with van der Waals surface area (Å²) in [6.45, 7) is 10.5. The molecule has 0 saturated carbocycles. The van der Waals surface area contributed by atoms with Gasteiger partial charge in [0.15, 0.2) is 0 Å². The number of carbonyl (C=O) groups excluding carboxylic acids is 4. The average molecular weight is 809 g/mol. The topological polar surface area (TPSA) is 210 Å². The Morgan fingerprint density at radius 1 is 0.585 bits per heavy atom. The van der Waals surface area contributed by atoms with Gasteiger partial charge in [-0.25, -0.2) is 0 Å². The van der Waals surface area contributed by atoms with Gasteiger partial charge in [-0.05, 0) is 51.7 Å². The largest absolute Gasteiger partial charge is 2.00 e. The van der Waals surface area contributed by atoms with Gasteiger partial charge in [-0.15, -0.1) is 0 Å². The molecular formula is C36H54CaN2O12P2. The summed E-state index contributed by atoms with van der Waals surface area (Å²) in [5.41, 5.74) is 1.81. The maximum absolute atomic E-state index is 12.8. The van der Waals surface area contributed by atoms with Gasteiger partial charge in [0, 0.05) is 36.9 Å². The molecule has 0 radical (unpaired) electrons. The van der Waals surface area contributed by atoms with Crippen LogP contribution in [-0.2, 0) is 59.2 Å². The molecule has 53 heavy (non-hydrogen) atoms. The molecule has 0 aliphatic rings. The first-order chi connectivity index (χ1) is 24.6. The molecule has 0 saturated heterocycles. The van der Waals surface area contributed by atoms with E-state index in [1.54, 1.807) is 27.7 Å². The van der Waals surface area contributed by atoms with Crippen LogP contribution in [-0.4, -0.2) is 113 Å². The van der Waals surface area contributed by atoms with Crippen LogP contribution in [0.15, 0.2) is 60.7 Å². The number of carboxylic acids is 2. The standard InChI is InChI=1S/2C18H28NO6P.Ca/c2*1-4-24-26(23,25-5-2)13-16(11-15-9-7-6-8-10-15)17(20)19-12-14(3)18(21)22;/h2*6-10,14,16H,4-5,11-13H2,1-3H3,(H,19,20)(H,21,22);/q;;+2/p-2/t2*14-,16-;/m11./s1. The minimum absolute atomic E-state index is 0. The maximum atomic E-state index is 12.8. The Balaban J connectivity index is 0.00000100. The fourth-order valence-electron chi connectivity index (χ4n) is 4.85. The zero-order chi connectivity index (χ0) is 39.2. The van der Waals surface area contributed by atoms with Crippen molar-refractivity contribution in [1.82, 2.24) is 10.6 Å². The van der Waals surface area contributed by atoms with Gasteiger partial charge in [-0.3, -0.25) is 18.7 Å². The van der Waals surface area contributed by atoms with Crippen molar-refractivity contribution in [3.63, 3.8) is 0 Å². The van der Waals surface area contributed by atoms with Gasteiger partial charge in [0.2, 0.25) is 11.8 Å². The van der Waals surface area contributed by atoms with E-state index in [4.69, 9.17) is 18.1 Å². The SMILES string of the molecule is CCOP(=O)(C[C@@H](Cc1ccccc1)C(=O)NC[C@@H](C)C(=O)[O-])OCC.CCOP(=O)(C[C@@H](Cc1ccccc1)C(=O)NC[C@@H](C)C(=O)[O-])OCC.[Ca+2]. The van der Waals surface area contributed by atoms with E-state index >= 15 is 0 Å². The minimum atomic E-state index is -3.42. The molecule has 2 amide bonds. The number of benzene rings is 2. The van der Waals surface area contributed by atoms with Crippen molar-refractivity contribution in [3.05, 3.63) is 71.8 Å². The molecule has 2 N–H and O–H groups in total. The molecule has 17 heteroatoms. The molecule has 0 aromatic heterocycles. The predicted octanol–water partition coefficient (Wildman–Crippen LogP) is 2.85. The smallest absolute Gasteiger partial charge is 0.550 e. The Hall–Kier alpha value is -2.12. The molecule has 0 bridgehead atoms. The van der Waals surface area contributed by atoms with Crippen molar-refractivity contribution in [2.75, 3.05) is 51.8 Å². The zero-order valence-corrected chi connectivity index (χ0v) is 35.7. The van der Waals surface area contributed by atoms with Gasteiger partial charge in [-0.2, -0.15) is 0 Å². The van der Waals surface area contributed by atoms with E-state index in [1.807, 2.05) is 60.7 Å². The van der Waals surface area contributed by atoms with Crippen molar-refractivity contribution >= 4 is 76.7 Å². The molecule has 2 aromatic rings. The molecule has 14 nitrogen and oxygen atoms in total. The Kier molecular flexibility index (Phi) is 26.4. The van der Waals surface area contributed by atoms with Crippen LogP contribution in [0.4, 0.5) is 0 Å². The first-order valence-electron chi connectivity index (χ1n) is 17.4. The van der Waals surface area contributed by atoms with Crippen LogP contribution in [0.5, 0.6) is 0 Å². The van der Waals surface area contributed by atoms with Crippen molar-refractivity contribution in [2.24, 2.45) is 23.7 Å². The summed E-state index contributed by atoms with van der Waals surface area (Å²) in [4.78, 5) is 46.9. The molecule has 0 heterocycles. The second kappa shape index (κ2) is 27.5. The third-order valence-corrected chi connectivity index (χ3v) is 11.9. The van der Waals surface area contributed by atoms with Crippen LogP contribution >= 0.6 is 15.2 Å². The van der Waals surface area contributed by atoms with E-state index < -0.39 is 50.8 Å². The van der Waals surface area contributed by atoms with Gasteiger partial charge in [0.05, 0.1) is 50.6 Å². The number of hydrogen-bond donors (Lipinski definition) is 2. The monoisotopic (exact) mass is 808 g/mol. The molecule has 0 aliphatic heterocycles. The van der Waals surface area contributed by atoms with Crippen LogP contribution in [0.1, 0.15) is 52.7 Å². The normalized spacial score (nSPS) is 13.5. The molecule has 292 valence electrons. The van der Waals surface area contributed by atoms with E-state index in [9.17, 15) is 38.5 Å². The van der Waals surface area contributed by atoms with Crippen LogP contribution in [0.3, 0.4) is 0 Å². The summed E-state index contributed by atoms with van der Waals surface area (Å²) < 4.78 is 46.9. The third-order valence-electron chi connectivity index (χ3n) is 7.55. The Morgan fingerprint density at radius 3 is 1.11 bits per heavy atom. The van der Waals surface area contributed by atoms with E-state index in [0.29, 0.717) is 12.8 Å². The average Bonchev–Trinajstić information content (AvgIpc) is 3.10. The van der Waals surface area contributed by atoms with E-state index in [-0.39, 0.29) is 101 Å². The van der Waals surface area contributed by atoms with Crippen LogP contribution < -0.4 is 20.8 Å². The van der Waals surface area contributed by atoms with E-state index in [2.05, 4.69) is 10.6 Å². The summed E-state index contributed by atoms with van der Waals surface area (Å²) in [6.07, 6.45) is 0.539. The Morgan fingerprint density at radius 2 is 0.868 bits per heavy atom. The third kappa shape index (κ3) is 20.9. The van der Waals surface area contributed by atoms with Crippen molar-refractivity contribution in [3.8, 4) is 0 Å². The number of carbonyl (C=O) groups is 4. The van der Waals surface area contributed by atoms with Gasteiger partial charge in [0.25, 0.3) is 0 Å². The number of aliphatic carboxylic acids is 2. The summed E-state index contributed by atoms with van der Waals surface area (Å²) >= 11 is 0. The van der Waals surface area contributed by atoms with E-state index in [0.717, 1.165) is 11.1 Å². The van der Waals surface area contributed by atoms with Gasteiger partial charge in [0.1, 0.15) is 0 Å². The molecule has 0 spiro atoms. The second-order valence-corrected chi connectivity index (χ2v) is 16.2. The number of carboxylic acid groups (broad SMARTS) is 2. The predicted molar refractivity (Wildman–Crippen MR) is 199 cm³/mol. The van der Waals surface area contributed by atoms with Crippen LogP contribution in [0.2, 0.25) is 0 Å². The fraction of sp³-hybridized carbons (Fsp3) is 0.556. The molecule has 2 rings (SSSR count). The summed E-state index contributed by atoms with van der Waals surface area (Å²) in [7, 11) is -6.84. The summed E-state index contributed by atoms with van der Waals surface area (Å²) in [5, 5.41) is 26.8. The molecule has 0 fully saturated rings. The number of hydrogen-bond acceptors (Lipinski definition) is 12. The molecule has 0 aliphatic carbocycles. The molecule has 4 atom stereocenters. The molecule has 2 aromatic carbocycles. The fourth-order valence-corrected chi connectivity index (χ4v) is 8.67. The Bertz CT molecular complexity index is 1340. The number of amides is 2. The Labute approximate surface area is 343 Å². The summed E-state index contributed by atoms with van der Waals surface area (Å²) in [6, 6.07) is 18.6. The number of nitrogens with one attached hydrogen (secondary N) is 2. The van der Waals surface area contributed by atoms with Crippen molar-refractivity contribution in [2.45, 2.75) is 54.4 Å². The zero-order valence-electron chi connectivity index (χ0n) is 31.7. The van der Waals surface area contributed by atoms with Crippen LogP contribution in [0.25, 0.3) is 0 Å². The minimum Gasteiger partial charge on any atom is -0.550 e. The quantitative estimate of drug-likeness (QED) is 0.116. The first-order valence-corrected chi connectivity index (χ1v) is 20.9. The van der Waals surface area contributed by atoms with Crippen LogP contribution in [0, 0.1) is 23.7 Å². The van der Waals surface area contributed by atoms with Gasteiger partial charge >= 0.3 is 52.9 Å². The molecular weight excluding hydrogens is 754 g/mol. The van der Waals surface area contributed by atoms with Crippen molar-refractivity contribution in [1.29, 1.82) is 0 Å².